The lowest BCUT2D eigenvalue weighted by atomic mass is 10.1. The Labute approximate surface area is 185 Å². The molecule has 0 saturated heterocycles. The van der Waals surface area contributed by atoms with E-state index in [0.29, 0.717) is 18.5 Å². The first-order chi connectivity index (χ1) is 13.1. The van der Waals surface area contributed by atoms with Crippen molar-refractivity contribution in [2.75, 3.05) is 20.1 Å². The van der Waals surface area contributed by atoms with E-state index in [4.69, 9.17) is 4.42 Å². The Morgan fingerprint density at radius 2 is 1.96 bits per heavy atom. The van der Waals surface area contributed by atoms with Gasteiger partial charge in [0.2, 0.25) is 5.89 Å². The number of nitrogens with one attached hydrogen (secondary N) is 2. The first-order valence-corrected chi connectivity index (χ1v) is 9.78. The summed E-state index contributed by atoms with van der Waals surface area (Å²) in [4.78, 5) is 11.4. The van der Waals surface area contributed by atoms with Gasteiger partial charge < -0.3 is 15.1 Å². The van der Waals surface area contributed by atoms with Crippen molar-refractivity contribution in [3.63, 3.8) is 0 Å². The predicted octanol–water partition coefficient (Wildman–Crippen LogP) is 3.81. The summed E-state index contributed by atoms with van der Waals surface area (Å²) in [5, 5.41) is 6.70. The van der Waals surface area contributed by atoms with Gasteiger partial charge in [-0.15, -0.1) is 24.0 Å². The molecule has 1 fully saturated rings. The number of hydrogen-bond donors (Lipinski definition) is 2. The normalized spacial score (nSPS) is 14.3. The van der Waals surface area contributed by atoms with E-state index in [-0.39, 0.29) is 24.0 Å². The highest BCUT2D eigenvalue weighted by molar-refractivity contribution is 14.0. The summed E-state index contributed by atoms with van der Waals surface area (Å²) in [7, 11) is 1.79. The summed E-state index contributed by atoms with van der Waals surface area (Å²) < 4.78 is 5.61. The van der Waals surface area contributed by atoms with Crippen LogP contribution in [-0.2, 0) is 6.54 Å². The highest BCUT2D eigenvalue weighted by Crippen LogP contribution is 2.27. The molecule has 28 heavy (non-hydrogen) atoms. The lowest BCUT2D eigenvalue weighted by molar-refractivity contribution is 0.215. The lowest BCUT2D eigenvalue weighted by Gasteiger charge is -2.26. The van der Waals surface area contributed by atoms with Crippen molar-refractivity contribution >= 4 is 29.9 Å². The SMILES string of the molecule is CN=C(NCCN(C(C)C)C1CC1)NCc1coc(-c2ccc(C)cc2)n1.I. The van der Waals surface area contributed by atoms with Gasteiger partial charge in [0, 0.05) is 37.8 Å². The van der Waals surface area contributed by atoms with E-state index in [2.05, 4.69) is 58.4 Å². The fraction of sp³-hybridized carbons (Fsp3) is 0.524. The molecule has 0 spiro atoms. The van der Waals surface area contributed by atoms with Crippen LogP contribution in [0.15, 0.2) is 39.9 Å². The van der Waals surface area contributed by atoms with Crippen molar-refractivity contribution in [1.29, 1.82) is 0 Å². The molecule has 0 aliphatic heterocycles. The number of guanidine groups is 1. The highest BCUT2D eigenvalue weighted by Gasteiger charge is 2.30. The molecular weight excluding hydrogens is 465 g/mol. The summed E-state index contributed by atoms with van der Waals surface area (Å²) >= 11 is 0. The molecule has 1 heterocycles. The molecular formula is C21H32IN5O. The van der Waals surface area contributed by atoms with Gasteiger partial charge in [0.25, 0.3) is 0 Å². The van der Waals surface area contributed by atoms with Crippen LogP contribution in [0.2, 0.25) is 0 Å². The largest absolute Gasteiger partial charge is 0.444 e. The number of oxazole rings is 1. The average Bonchev–Trinajstić information content (AvgIpc) is 3.38. The minimum Gasteiger partial charge on any atom is -0.444 e. The monoisotopic (exact) mass is 497 g/mol. The zero-order chi connectivity index (χ0) is 19.2. The van der Waals surface area contributed by atoms with Crippen LogP contribution in [0.5, 0.6) is 0 Å². The maximum Gasteiger partial charge on any atom is 0.226 e. The van der Waals surface area contributed by atoms with Gasteiger partial charge in [0.1, 0.15) is 6.26 Å². The molecule has 6 nitrogen and oxygen atoms in total. The maximum absolute atomic E-state index is 5.61. The van der Waals surface area contributed by atoms with E-state index in [1.807, 2.05) is 12.1 Å². The number of nitrogens with zero attached hydrogens (tertiary/aromatic N) is 3. The molecule has 1 aliphatic rings. The van der Waals surface area contributed by atoms with Crippen LogP contribution in [0, 0.1) is 6.92 Å². The second-order valence-electron chi connectivity index (χ2n) is 7.43. The average molecular weight is 497 g/mol. The molecule has 3 rings (SSSR count). The van der Waals surface area contributed by atoms with Gasteiger partial charge in [-0.05, 0) is 45.7 Å². The highest BCUT2D eigenvalue weighted by atomic mass is 127. The van der Waals surface area contributed by atoms with Gasteiger partial charge >= 0.3 is 0 Å². The second kappa shape index (κ2) is 10.8. The van der Waals surface area contributed by atoms with Crippen molar-refractivity contribution in [3.05, 3.63) is 41.8 Å². The zero-order valence-electron chi connectivity index (χ0n) is 17.2. The van der Waals surface area contributed by atoms with Gasteiger partial charge in [-0.3, -0.25) is 9.89 Å². The number of hydrogen-bond acceptors (Lipinski definition) is 4. The number of benzene rings is 1. The van der Waals surface area contributed by atoms with Gasteiger partial charge in [0.05, 0.1) is 12.2 Å². The van der Waals surface area contributed by atoms with Crippen LogP contribution in [0.3, 0.4) is 0 Å². The molecule has 0 unspecified atom stereocenters. The van der Waals surface area contributed by atoms with E-state index < -0.39 is 0 Å². The number of rotatable bonds is 8. The van der Waals surface area contributed by atoms with E-state index >= 15 is 0 Å². The van der Waals surface area contributed by atoms with Crippen LogP contribution in [0.1, 0.15) is 37.9 Å². The van der Waals surface area contributed by atoms with Crippen molar-refractivity contribution in [2.24, 2.45) is 4.99 Å². The fourth-order valence-electron chi connectivity index (χ4n) is 3.18. The van der Waals surface area contributed by atoms with Crippen molar-refractivity contribution in [3.8, 4) is 11.5 Å². The molecule has 154 valence electrons. The van der Waals surface area contributed by atoms with E-state index in [9.17, 15) is 0 Å². The van der Waals surface area contributed by atoms with Gasteiger partial charge in [-0.2, -0.15) is 0 Å². The Hall–Kier alpha value is -1.61. The summed E-state index contributed by atoms with van der Waals surface area (Å²) in [5.74, 6) is 1.43. The molecule has 0 radical (unpaired) electrons. The van der Waals surface area contributed by atoms with Gasteiger partial charge in [-0.1, -0.05) is 17.7 Å². The Morgan fingerprint density at radius 1 is 1.25 bits per heavy atom. The Balaban J connectivity index is 0.00000280. The minimum atomic E-state index is 0. The van der Waals surface area contributed by atoms with Crippen molar-refractivity contribution in [1.82, 2.24) is 20.5 Å². The lowest BCUT2D eigenvalue weighted by Crippen LogP contribution is -2.43. The van der Waals surface area contributed by atoms with E-state index in [0.717, 1.165) is 36.3 Å². The first kappa shape index (κ1) is 22.7. The topological polar surface area (TPSA) is 65.7 Å². The van der Waals surface area contributed by atoms with Crippen LogP contribution >= 0.6 is 24.0 Å². The quantitative estimate of drug-likeness (QED) is 0.330. The molecule has 1 aliphatic carbocycles. The summed E-state index contributed by atoms with van der Waals surface area (Å²) in [6, 6.07) is 9.54. The van der Waals surface area contributed by atoms with E-state index in [1.165, 1.54) is 18.4 Å². The standard InChI is InChI=1S/C21H31N5O.HI/c1-15(2)26(19-9-10-19)12-11-23-21(22-4)24-13-18-14-27-20(25-18)17-7-5-16(3)6-8-17;/h5-8,14-15,19H,9-13H2,1-4H3,(H2,22,23,24);1H. The molecule has 2 N–H and O–H groups in total. The predicted molar refractivity (Wildman–Crippen MR) is 125 cm³/mol. The number of aromatic nitrogens is 1. The van der Waals surface area contributed by atoms with Crippen LogP contribution < -0.4 is 10.6 Å². The van der Waals surface area contributed by atoms with Gasteiger partial charge in [0.15, 0.2) is 5.96 Å². The van der Waals surface area contributed by atoms with Crippen LogP contribution in [0.4, 0.5) is 0 Å². The zero-order valence-corrected chi connectivity index (χ0v) is 19.6. The molecule has 1 aromatic carbocycles. The smallest absolute Gasteiger partial charge is 0.226 e. The third-order valence-corrected chi connectivity index (χ3v) is 4.85. The maximum atomic E-state index is 5.61. The first-order valence-electron chi connectivity index (χ1n) is 9.78. The van der Waals surface area contributed by atoms with Crippen LogP contribution in [0.25, 0.3) is 11.5 Å². The summed E-state index contributed by atoms with van der Waals surface area (Å²) in [6.45, 7) is 9.08. The molecule has 1 saturated carbocycles. The number of aliphatic imine (C=N–C) groups is 1. The van der Waals surface area contributed by atoms with Gasteiger partial charge in [-0.25, -0.2) is 4.98 Å². The molecule has 0 atom stereocenters. The van der Waals surface area contributed by atoms with Crippen molar-refractivity contribution < 1.29 is 4.42 Å². The molecule has 1 aromatic heterocycles. The molecule has 0 bridgehead atoms. The number of aryl methyl sites for hydroxylation is 1. The Kier molecular flexibility index (Phi) is 8.75. The Bertz CT molecular complexity index is 750. The minimum absolute atomic E-state index is 0. The summed E-state index contributed by atoms with van der Waals surface area (Å²) in [6.07, 6.45) is 4.37. The van der Waals surface area contributed by atoms with E-state index in [1.54, 1.807) is 13.3 Å². The molecule has 0 amide bonds. The third-order valence-electron chi connectivity index (χ3n) is 4.85. The molecule has 7 heteroatoms. The van der Waals surface area contributed by atoms with Crippen LogP contribution in [-0.4, -0.2) is 48.1 Å². The third kappa shape index (κ3) is 6.48. The molecule has 2 aromatic rings. The van der Waals surface area contributed by atoms with Crippen molar-refractivity contribution in [2.45, 2.75) is 52.2 Å². The Morgan fingerprint density at radius 3 is 2.57 bits per heavy atom. The second-order valence-corrected chi connectivity index (χ2v) is 7.43. The summed E-state index contributed by atoms with van der Waals surface area (Å²) in [5.41, 5.74) is 3.07. The number of halogens is 1. The fourth-order valence-corrected chi connectivity index (χ4v) is 3.18.